The van der Waals surface area contributed by atoms with Crippen LogP contribution in [-0.4, -0.2) is 29.2 Å². The molecular weight excluding hydrogens is 382 g/mol. The van der Waals surface area contributed by atoms with E-state index in [0.717, 1.165) is 42.0 Å². The van der Waals surface area contributed by atoms with E-state index in [1.165, 1.54) is 16.7 Å². The molecule has 1 aliphatic rings. The molecule has 31 heavy (non-hydrogen) atoms. The monoisotopic (exact) mass is 411 g/mol. The largest absolute Gasteiger partial charge is 0.474 e. The first-order chi connectivity index (χ1) is 15.2. The molecule has 2 heterocycles. The maximum atomic E-state index is 5.90. The van der Waals surface area contributed by atoms with Gasteiger partial charge in [0.25, 0.3) is 0 Å². The van der Waals surface area contributed by atoms with Gasteiger partial charge in [0.05, 0.1) is 23.1 Å². The SMILES string of the molecule is CCc1cccc(CC)c1N=C(C)c1cccc(C2=N[C@@H](Cc3ccccc3)CO2)n1. The number of hydrogen-bond donors (Lipinski definition) is 0. The van der Waals surface area contributed by atoms with Crippen LogP contribution in [0.25, 0.3) is 0 Å². The summed E-state index contributed by atoms with van der Waals surface area (Å²) in [6.45, 7) is 6.95. The van der Waals surface area contributed by atoms with Crippen molar-refractivity contribution < 1.29 is 4.74 Å². The van der Waals surface area contributed by atoms with E-state index in [2.05, 4.69) is 56.3 Å². The number of aryl methyl sites for hydroxylation is 2. The molecule has 0 aliphatic carbocycles. The van der Waals surface area contributed by atoms with Gasteiger partial charge in [-0.2, -0.15) is 0 Å². The Kier molecular flexibility index (Phi) is 6.56. The summed E-state index contributed by atoms with van der Waals surface area (Å²) in [7, 11) is 0. The highest BCUT2D eigenvalue weighted by atomic mass is 16.5. The van der Waals surface area contributed by atoms with Gasteiger partial charge in [0.2, 0.25) is 5.90 Å². The molecule has 0 radical (unpaired) electrons. The number of benzene rings is 2. The number of nitrogens with zero attached hydrogens (tertiary/aromatic N) is 3. The van der Waals surface area contributed by atoms with Crippen molar-refractivity contribution >= 4 is 17.3 Å². The van der Waals surface area contributed by atoms with Gasteiger partial charge >= 0.3 is 0 Å². The van der Waals surface area contributed by atoms with Crippen molar-refractivity contribution in [3.05, 3.63) is 94.8 Å². The van der Waals surface area contributed by atoms with Gasteiger partial charge in [-0.25, -0.2) is 9.98 Å². The summed E-state index contributed by atoms with van der Waals surface area (Å²) in [5, 5.41) is 0. The number of ether oxygens (including phenoxy) is 1. The first-order valence-corrected chi connectivity index (χ1v) is 11.1. The fourth-order valence-electron chi connectivity index (χ4n) is 3.89. The average molecular weight is 412 g/mol. The molecule has 158 valence electrons. The highest BCUT2D eigenvalue weighted by molar-refractivity contribution is 6.00. The lowest BCUT2D eigenvalue weighted by Gasteiger charge is -2.10. The van der Waals surface area contributed by atoms with Crippen molar-refractivity contribution in [2.24, 2.45) is 9.98 Å². The molecule has 0 bridgehead atoms. The van der Waals surface area contributed by atoms with Crippen LogP contribution in [0.15, 0.2) is 76.7 Å². The van der Waals surface area contributed by atoms with Crippen molar-refractivity contribution in [2.45, 2.75) is 46.1 Å². The summed E-state index contributed by atoms with van der Waals surface area (Å²) in [6, 6.07) is 22.9. The van der Waals surface area contributed by atoms with Crippen LogP contribution in [0, 0.1) is 0 Å². The zero-order chi connectivity index (χ0) is 21.6. The third kappa shape index (κ3) is 4.91. The van der Waals surface area contributed by atoms with Crippen LogP contribution in [-0.2, 0) is 24.0 Å². The molecule has 4 nitrogen and oxygen atoms in total. The van der Waals surface area contributed by atoms with Gasteiger partial charge in [0, 0.05) is 0 Å². The molecule has 1 aliphatic heterocycles. The fraction of sp³-hybridized carbons (Fsp3) is 0.296. The minimum Gasteiger partial charge on any atom is -0.474 e. The molecule has 0 spiro atoms. The highest BCUT2D eigenvalue weighted by Gasteiger charge is 2.21. The molecule has 3 aromatic rings. The lowest BCUT2D eigenvalue weighted by atomic mass is 10.0. The second-order valence-corrected chi connectivity index (χ2v) is 7.83. The summed E-state index contributed by atoms with van der Waals surface area (Å²) in [4.78, 5) is 14.6. The van der Waals surface area contributed by atoms with Crippen LogP contribution in [0.4, 0.5) is 5.69 Å². The summed E-state index contributed by atoms with van der Waals surface area (Å²) < 4.78 is 5.90. The molecular formula is C27H29N3O. The Morgan fingerprint density at radius 1 is 0.935 bits per heavy atom. The zero-order valence-electron chi connectivity index (χ0n) is 18.5. The maximum Gasteiger partial charge on any atom is 0.235 e. The first kappa shape index (κ1) is 21.0. The molecule has 0 fully saturated rings. The van der Waals surface area contributed by atoms with E-state index in [9.17, 15) is 0 Å². The van der Waals surface area contributed by atoms with E-state index in [4.69, 9.17) is 19.7 Å². The van der Waals surface area contributed by atoms with Gasteiger partial charge in [0.1, 0.15) is 12.3 Å². The molecule has 2 aromatic carbocycles. The summed E-state index contributed by atoms with van der Waals surface area (Å²) in [6.07, 6.45) is 2.79. The lowest BCUT2D eigenvalue weighted by molar-refractivity contribution is 0.316. The van der Waals surface area contributed by atoms with Gasteiger partial charge in [-0.15, -0.1) is 0 Å². The van der Waals surface area contributed by atoms with Crippen molar-refractivity contribution in [2.75, 3.05) is 6.61 Å². The Labute approximate surface area is 184 Å². The molecule has 1 aromatic heterocycles. The fourth-order valence-corrected chi connectivity index (χ4v) is 3.89. The zero-order valence-corrected chi connectivity index (χ0v) is 18.5. The Hall–Kier alpha value is -3.27. The van der Waals surface area contributed by atoms with Crippen molar-refractivity contribution in [3.8, 4) is 0 Å². The maximum absolute atomic E-state index is 5.90. The summed E-state index contributed by atoms with van der Waals surface area (Å²) in [5.74, 6) is 0.624. The predicted octanol–water partition coefficient (Wildman–Crippen LogP) is 5.74. The van der Waals surface area contributed by atoms with E-state index in [1.807, 2.05) is 31.2 Å². The Morgan fingerprint density at radius 2 is 1.65 bits per heavy atom. The van der Waals surface area contributed by atoms with E-state index in [1.54, 1.807) is 0 Å². The molecule has 4 heteroatoms. The summed E-state index contributed by atoms with van der Waals surface area (Å²) in [5.41, 5.74) is 7.40. The van der Waals surface area contributed by atoms with Crippen LogP contribution in [0.5, 0.6) is 0 Å². The van der Waals surface area contributed by atoms with Crippen molar-refractivity contribution in [3.63, 3.8) is 0 Å². The molecule has 1 atom stereocenters. The van der Waals surface area contributed by atoms with E-state index in [-0.39, 0.29) is 6.04 Å². The molecule has 0 unspecified atom stereocenters. The standard InChI is InChI=1S/C27H29N3O/c1-4-21-13-9-14-22(5-2)26(21)28-19(3)24-15-10-16-25(30-24)27-29-23(18-31-27)17-20-11-7-6-8-12-20/h6-16,23H,4-5,17-18H2,1-3H3/t23-/m0/s1. The quantitative estimate of drug-likeness (QED) is 0.466. The van der Waals surface area contributed by atoms with Gasteiger partial charge in [-0.3, -0.25) is 4.99 Å². The third-order valence-electron chi connectivity index (χ3n) is 5.61. The minimum atomic E-state index is 0.126. The van der Waals surface area contributed by atoms with E-state index >= 15 is 0 Å². The number of para-hydroxylation sites is 1. The number of pyridine rings is 1. The van der Waals surface area contributed by atoms with Crippen molar-refractivity contribution in [1.82, 2.24) is 4.98 Å². The van der Waals surface area contributed by atoms with Crippen LogP contribution in [0.2, 0.25) is 0 Å². The Bertz CT molecular complexity index is 1080. The highest BCUT2D eigenvalue weighted by Crippen LogP contribution is 2.26. The molecule has 4 rings (SSSR count). The number of aromatic nitrogens is 1. The Morgan fingerprint density at radius 3 is 2.35 bits per heavy atom. The second-order valence-electron chi connectivity index (χ2n) is 7.83. The summed E-state index contributed by atoms with van der Waals surface area (Å²) >= 11 is 0. The van der Waals surface area contributed by atoms with Gasteiger partial charge in [-0.1, -0.05) is 68.4 Å². The first-order valence-electron chi connectivity index (χ1n) is 11.1. The normalized spacial score (nSPS) is 16.2. The number of aliphatic imine (C=N–C) groups is 2. The molecule has 0 saturated carbocycles. The van der Waals surface area contributed by atoms with E-state index in [0.29, 0.717) is 12.5 Å². The Balaban J connectivity index is 1.58. The smallest absolute Gasteiger partial charge is 0.235 e. The van der Waals surface area contributed by atoms with Crippen molar-refractivity contribution in [1.29, 1.82) is 0 Å². The van der Waals surface area contributed by atoms with Crippen LogP contribution in [0.1, 0.15) is 48.8 Å². The number of hydrogen-bond acceptors (Lipinski definition) is 4. The van der Waals surface area contributed by atoms with Crippen LogP contribution < -0.4 is 0 Å². The van der Waals surface area contributed by atoms with Crippen LogP contribution >= 0.6 is 0 Å². The predicted molar refractivity (Wildman–Crippen MR) is 128 cm³/mol. The van der Waals surface area contributed by atoms with Gasteiger partial charge < -0.3 is 4.74 Å². The lowest BCUT2D eigenvalue weighted by Crippen LogP contribution is -2.10. The molecule has 0 saturated heterocycles. The average Bonchev–Trinajstić information content (AvgIpc) is 3.28. The second kappa shape index (κ2) is 9.69. The minimum absolute atomic E-state index is 0.126. The molecule has 0 N–H and O–H groups in total. The van der Waals surface area contributed by atoms with E-state index < -0.39 is 0 Å². The number of rotatable bonds is 7. The van der Waals surface area contributed by atoms with Gasteiger partial charge in [0.15, 0.2) is 0 Å². The molecule has 0 amide bonds. The van der Waals surface area contributed by atoms with Crippen LogP contribution in [0.3, 0.4) is 0 Å². The van der Waals surface area contributed by atoms with Gasteiger partial charge in [-0.05, 0) is 55.0 Å². The topological polar surface area (TPSA) is 46.8 Å². The third-order valence-corrected chi connectivity index (χ3v) is 5.61.